The fourth-order valence-electron chi connectivity index (χ4n) is 1.83. The average Bonchev–Trinajstić information content (AvgIpc) is 2.14. The molecule has 1 aromatic rings. The van der Waals surface area contributed by atoms with Gasteiger partial charge in [0.1, 0.15) is 5.82 Å². The number of carbonyl (C=O) groups is 1. The van der Waals surface area contributed by atoms with Crippen LogP contribution in [0.25, 0.3) is 0 Å². The van der Waals surface area contributed by atoms with Crippen LogP contribution >= 0.6 is 0 Å². The molecule has 0 atom stereocenters. The fraction of sp³-hybridized carbons (Fsp3) is 0.364. The van der Waals surface area contributed by atoms with E-state index in [1.54, 1.807) is 0 Å². The van der Waals surface area contributed by atoms with Gasteiger partial charge in [-0.1, -0.05) is 0 Å². The summed E-state index contributed by atoms with van der Waals surface area (Å²) in [5.41, 5.74) is -0.0284. The molecule has 0 amide bonds. The highest BCUT2D eigenvalue weighted by atomic mass is 32.2. The number of benzene rings is 1. The van der Waals surface area contributed by atoms with E-state index in [-0.39, 0.29) is 22.7 Å². The molecule has 0 fully saturated rings. The second-order valence-electron chi connectivity index (χ2n) is 4.50. The van der Waals surface area contributed by atoms with E-state index in [0.29, 0.717) is 0 Å². The Morgan fingerprint density at radius 3 is 2.56 bits per heavy atom. The lowest BCUT2D eigenvalue weighted by Crippen LogP contribution is -2.39. The molecule has 3 nitrogen and oxygen atoms in total. The molecule has 1 aliphatic rings. The van der Waals surface area contributed by atoms with Crippen molar-refractivity contribution < 1.29 is 17.6 Å². The summed E-state index contributed by atoms with van der Waals surface area (Å²) in [6.07, 6.45) is -0.105. The minimum atomic E-state index is -3.56. The molecular weight excluding hydrogens is 231 g/mol. The van der Waals surface area contributed by atoms with Gasteiger partial charge in [-0.3, -0.25) is 4.79 Å². The van der Waals surface area contributed by atoms with Gasteiger partial charge in [0, 0.05) is 12.0 Å². The van der Waals surface area contributed by atoms with Crippen molar-refractivity contribution >= 4 is 15.6 Å². The SMILES string of the molecule is CC1(C)CC(=O)c2cc(F)ccc2S1(=O)=O. The van der Waals surface area contributed by atoms with E-state index in [1.165, 1.54) is 19.9 Å². The molecule has 0 bridgehead atoms. The topological polar surface area (TPSA) is 51.2 Å². The van der Waals surface area contributed by atoms with Crippen molar-refractivity contribution in [2.75, 3.05) is 0 Å². The van der Waals surface area contributed by atoms with Crippen LogP contribution in [0.4, 0.5) is 4.39 Å². The summed E-state index contributed by atoms with van der Waals surface area (Å²) in [4.78, 5) is 11.6. The maximum Gasteiger partial charge on any atom is 0.184 e. The average molecular weight is 242 g/mol. The van der Waals surface area contributed by atoms with Gasteiger partial charge in [-0.15, -0.1) is 0 Å². The van der Waals surface area contributed by atoms with Crippen LogP contribution in [0.2, 0.25) is 0 Å². The molecule has 0 unspecified atom stereocenters. The quantitative estimate of drug-likeness (QED) is 0.653. The van der Waals surface area contributed by atoms with E-state index in [4.69, 9.17) is 0 Å². The van der Waals surface area contributed by atoms with Crippen LogP contribution in [0.15, 0.2) is 23.1 Å². The molecule has 0 N–H and O–H groups in total. The van der Waals surface area contributed by atoms with Crippen molar-refractivity contribution in [2.45, 2.75) is 29.9 Å². The first kappa shape index (κ1) is 11.3. The van der Waals surface area contributed by atoms with Crippen molar-refractivity contribution in [1.82, 2.24) is 0 Å². The van der Waals surface area contributed by atoms with E-state index < -0.39 is 20.4 Å². The summed E-state index contributed by atoms with van der Waals surface area (Å²) in [5.74, 6) is -0.920. The molecule has 86 valence electrons. The molecule has 2 rings (SSSR count). The number of sulfone groups is 1. The van der Waals surface area contributed by atoms with Crippen LogP contribution in [0.1, 0.15) is 30.6 Å². The lowest BCUT2D eigenvalue weighted by atomic mass is 9.99. The molecule has 0 saturated carbocycles. The summed E-state index contributed by atoms with van der Waals surface area (Å²) in [6.45, 7) is 3.01. The van der Waals surface area contributed by atoms with Gasteiger partial charge in [-0.2, -0.15) is 0 Å². The Morgan fingerprint density at radius 2 is 1.94 bits per heavy atom. The molecule has 16 heavy (non-hydrogen) atoms. The van der Waals surface area contributed by atoms with Gasteiger partial charge < -0.3 is 0 Å². The zero-order valence-corrected chi connectivity index (χ0v) is 9.77. The maximum absolute atomic E-state index is 13.0. The van der Waals surface area contributed by atoms with Gasteiger partial charge in [-0.25, -0.2) is 12.8 Å². The minimum absolute atomic E-state index is 0.0284. The standard InChI is InChI=1S/C11H11FO3S/c1-11(2)6-9(13)8-5-7(12)3-4-10(8)16(11,14)15/h3-5H,6H2,1-2H3. The normalized spacial score (nSPS) is 21.6. The fourth-order valence-corrected chi connectivity index (χ4v) is 3.45. The van der Waals surface area contributed by atoms with Crippen molar-refractivity contribution in [3.63, 3.8) is 0 Å². The first-order valence-electron chi connectivity index (χ1n) is 4.83. The molecule has 1 aromatic carbocycles. The zero-order chi connectivity index (χ0) is 12.1. The Kier molecular flexibility index (Phi) is 2.21. The minimum Gasteiger partial charge on any atom is -0.294 e. The lowest BCUT2D eigenvalue weighted by Gasteiger charge is -2.29. The molecule has 1 heterocycles. The Hall–Kier alpha value is -1.23. The highest BCUT2D eigenvalue weighted by Gasteiger charge is 2.44. The highest BCUT2D eigenvalue weighted by molar-refractivity contribution is 7.93. The highest BCUT2D eigenvalue weighted by Crippen LogP contribution is 2.37. The van der Waals surface area contributed by atoms with Gasteiger partial charge in [-0.05, 0) is 32.0 Å². The van der Waals surface area contributed by atoms with E-state index in [0.717, 1.165) is 12.1 Å². The Balaban J connectivity index is 2.80. The second-order valence-corrected chi connectivity index (χ2v) is 7.06. The Bertz CT molecular complexity index is 573. The van der Waals surface area contributed by atoms with Crippen LogP contribution in [-0.2, 0) is 9.84 Å². The van der Waals surface area contributed by atoms with Gasteiger partial charge in [0.15, 0.2) is 15.6 Å². The van der Waals surface area contributed by atoms with E-state index in [2.05, 4.69) is 0 Å². The van der Waals surface area contributed by atoms with Gasteiger partial charge in [0.2, 0.25) is 0 Å². The molecule has 0 saturated heterocycles. The lowest BCUT2D eigenvalue weighted by molar-refractivity contribution is 0.0963. The van der Waals surface area contributed by atoms with E-state index in [9.17, 15) is 17.6 Å². The van der Waals surface area contributed by atoms with E-state index in [1.807, 2.05) is 0 Å². The number of halogens is 1. The maximum atomic E-state index is 13.0. The van der Waals surface area contributed by atoms with Gasteiger partial charge in [0.05, 0.1) is 9.64 Å². The zero-order valence-electron chi connectivity index (χ0n) is 8.95. The van der Waals surface area contributed by atoms with Gasteiger partial charge >= 0.3 is 0 Å². The number of hydrogen-bond acceptors (Lipinski definition) is 3. The van der Waals surface area contributed by atoms with Crippen LogP contribution in [0, 0.1) is 5.82 Å². The van der Waals surface area contributed by atoms with Crippen LogP contribution in [-0.4, -0.2) is 18.9 Å². The number of carbonyl (C=O) groups excluding carboxylic acids is 1. The molecule has 5 heteroatoms. The largest absolute Gasteiger partial charge is 0.294 e. The Morgan fingerprint density at radius 1 is 1.31 bits per heavy atom. The molecule has 0 aromatic heterocycles. The number of hydrogen-bond donors (Lipinski definition) is 0. The second kappa shape index (κ2) is 3.13. The van der Waals surface area contributed by atoms with Gasteiger partial charge in [0.25, 0.3) is 0 Å². The number of rotatable bonds is 0. The molecule has 0 radical (unpaired) electrons. The number of fused-ring (bicyclic) bond motifs is 1. The smallest absolute Gasteiger partial charge is 0.184 e. The third kappa shape index (κ3) is 1.38. The summed E-state index contributed by atoms with van der Waals surface area (Å²) in [6, 6.07) is 3.22. The predicted octanol–water partition coefficient (Wildman–Crippen LogP) is 1.96. The van der Waals surface area contributed by atoms with Crippen LogP contribution < -0.4 is 0 Å². The number of ketones is 1. The number of Topliss-reactive ketones (excluding diaryl/α,β-unsaturated/α-hetero) is 1. The Labute approximate surface area is 93.2 Å². The summed E-state index contributed by atoms with van der Waals surface area (Å²) in [7, 11) is -3.56. The van der Waals surface area contributed by atoms with Crippen LogP contribution in [0.5, 0.6) is 0 Å². The summed E-state index contributed by atoms with van der Waals surface area (Å²) >= 11 is 0. The van der Waals surface area contributed by atoms with Crippen molar-refractivity contribution in [3.05, 3.63) is 29.6 Å². The third-order valence-electron chi connectivity index (χ3n) is 2.85. The predicted molar refractivity (Wildman–Crippen MR) is 56.6 cm³/mol. The van der Waals surface area contributed by atoms with Crippen molar-refractivity contribution in [2.24, 2.45) is 0 Å². The van der Waals surface area contributed by atoms with Crippen molar-refractivity contribution in [3.8, 4) is 0 Å². The summed E-state index contributed by atoms with van der Waals surface area (Å²) < 4.78 is 36.1. The first-order chi connectivity index (χ1) is 7.25. The molecular formula is C11H11FO3S. The monoisotopic (exact) mass is 242 g/mol. The van der Waals surface area contributed by atoms with E-state index >= 15 is 0 Å². The summed E-state index contributed by atoms with van der Waals surface area (Å²) in [5, 5.41) is 0. The third-order valence-corrected chi connectivity index (χ3v) is 5.38. The molecule has 0 spiro atoms. The van der Waals surface area contributed by atoms with Crippen molar-refractivity contribution in [1.29, 1.82) is 0 Å². The van der Waals surface area contributed by atoms with Crippen LogP contribution in [0.3, 0.4) is 0 Å². The molecule has 0 aliphatic carbocycles. The first-order valence-corrected chi connectivity index (χ1v) is 6.31. The molecule has 1 aliphatic heterocycles.